The van der Waals surface area contributed by atoms with Gasteiger partial charge in [-0.25, -0.2) is 0 Å². The predicted molar refractivity (Wildman–Crippen MR) is 88.5 cm³/mol. The van der Waals surface area contributed by atoms with Gasteiger partial charge < -0.3 is 0 Å². The van der Waals surface area contributed by atoms with Crippen LogP contribution in [0.3, 0.4) is 0 Å². The third kappa shape index (κ3) is 1.73. The van der Waals surface area contributed by atoms with Crippen LogP contribution in [0.15, 0.2) is 0 Å². The van der Waals surface area contributed by atoms with E-state index >= 15 is 0 Å². The summed E-state index contributed by atoms with van der Waals surface area (Å²) in [6.07, 6.45) is 6.50. The van der Waals surface area contributed by atoms with Crippen molar-refractivity contribution < 1.29 is 9.59 Å². The maximum atomic E-state index is 11.6. The topological polar surface area (TPSA) is 34.1 Å². The Kier molecular flexibility index (Phi) is 3.28. The lowest BCUT2D eigenvalue weighted by Gasteiger charge is -2.32. The van der Waals surface area contributed by atoms with Gasteiger partial charge in [-0.3, -0.25) is 9.59 Å². The summed E-state index contributed by atoms with van der Waals surface area (Å²) in [7, 11) is 0. The van der Waals surface area contributed by atoms with Crippen molar-refractivity contribution in [3.8, 4) is 0 Å². The van der Waals surface area contributed by atoms with Crippen LogP contribution in [0.1, 0.15) is 80.1 Å². The van der Waals surface area contributed by atoms with Crippen LogP contribution in [0.25, 0.3) is 0 Å². The summed E-state index contributed by atoms with van der Waals surface area (Å²) >= 11 is 0. The van der Waals surface area contributed by atoms with Gasteiger partial charge in [-0.1, -0.05) is 41.5 Å². The van der Waals surface area contributed by atoms with Crippen molar-refractivity contribution in [3.05, 3.63) is 0 Å². The Morgan fingerprint density at radius 3 is 1.09 bits per heavy atom. The molecule has 0 spiro atoms. The van der Waals surface area contributed by atoms with Crippen molar-refractivity contribution >= 4 is 11.6 Å². The number of carbonyl (C=O) groups is 2. The lowest BCUT2D eigenvalue weighted by atomic mass is 9.70. The molecule has 22 heavy (non-hydrogen) atoms. The molecule has 0 saturated heterocycles. The van der Waals surface area contributed by atoms with Gasteiger partial charge in [0.1, 0.15) is 11.6 Å². The first-order chi connectivity index (χ1) is 9.97. The van der Waals surface area contributed by atoms with E-state index in [1.807, 2.05) is 0 Å². The van der Waals surface area contributed by atoms with E-state index in [0.29, 0.717) is 23.4 Å². The Balaban J connectivity index is 0.000000131. The van der Waals surface area contributed by atoms with Crippen molar-refractivity contribution in [1.29, 1.82) is 0 Å². The van der Waals surface area contributed by atoms with Crippen molar-refractivity contribution in [2.24, 2.45) is 33.5 Å². The highest BCUT2D eigenvalue weighted by Gasteiger charge is 2.62. The molecule has 3 unspecified atom stereocenters. The number of ketones is 2. The van der Waals surface area contributed by atoms with Crippen LogP contribution in [0.2, 0.25) is 0 Å². The van der Waals surface area contributed by atoms with Crippen LogP contribution in [0.4, 0.5) is 0 Å². The third-order valence-electron chi connectivity index (χ3n) is 8.97. The van der Waals surface area contributed by atoms with E-state index in [1.165, 1.54) is 12.8 Å². The molecular weight excluding hydrogens is 272 g/mol. The summed E-state index contributed by atoms with van der Waals surface area (Å²) in [4.78, 5) is 23.1. The van der Waals surface area contributed by atoms with Gasteiger partial charge in [-0.15, -0.1) is 0 Å². The molecule has 0 heterocycles. The standard InChI is InChI=1S/2C10H16O/c2*1-9(2)7-4-5-10(9,3)8(11)6-7/h2*7H,4-6H2,1-3H3/t7?,10-;/m1./s1. The Morgan fingerprint density at radius 1 is 0.682 bits per heavy atom. The van der Waals surface area contributed by atoms with Crippen molar-refractivity contribution in [2.45, 2.75) is 80.1 Å². The molecule has 2 heteroatoms. The second-order valence-corrected chi connectivity index (χ2v) is 9.83. The van der Waals surface area contributed by atoms with Crippen LogP contribution >= 0.6 is 0 Å². The lowest BCUT2D eigenvalue weighted by molar-refractivity contribution is -0.129. The molecule has 0 aromatic rings. The quantitative estimate of drug-likeness (QED) is 0.644. The lowest BCUT2D eigenvalue weighted by Crippen LogP contribution is -2.32. The minimum absolute atomic E-state index is 0.0255. The van der Waals surface area contributed by atoms with Gasteiger partial charge in [0.2, 0.25) is 0 Å². The predicted octanol–water partition coefficient (Wildman–Crippen LogP) is 4.80. The van der Waals surface area contributed by atoms with E-state index in [4.69, 9.17) is 0 Å². The highest BCUT2D eigenvalue weighted by Crippen LogP contribution is 2.64. The van der Waals surface area contributed by atoms with E-state index in [9.17, 15) is 9.59 Å². The number of hydrogen-bond donors (Lipinski definition) is 0. The Labute approximate surface area is 135 Å². The number of hydrogen-bond acceptors (Lipinski definition) is 2. The monoisotopic (exact) mass is 304 g/mol. The van der Waals surface area contributed by atoms with Crippen molar-refractivity contribution in [1.82, 2.24) is 0 Å². The molecule has 0 aromatic heterocycles. The first-order valence-corrected chi connectivity index (χ1v) is 9.03. The Hall–Kier alpha value is -0.660. The van der Waals surface area contributed by atoms with Crippen LogP contribution in [-0.2, 0) is 9.59 Å². The molecule has 124 valence electrons. The van der Waals surface area contributed by atoms with E-state index in [1.54, 1.807) is 0 Å². The molecule has 4 aliphatic carbocycles. The molecule has 4 atom stereocenters. The van der Waals surface area contributed by atoms with Gasteiger partial charge in [0.05, 0.1) is 0 Å². The van der Waals surface area contributed by atoms with Gasteiger partial charge in [-0.05, 0) is 48.3 Å². The van der Waals surface area contributed by atoms with Gasteiger partial charge in [-0.2, -0.15) is 0 Å². The molecule has 0 N–H and O–H groups in total. The minimum Gasteiger partial charge on any atom is -0.299 e. The van der Waals surface area contributed by atoms with Crippen LogP contribution in [-0.4, -0.2) is 11.6 Å². The molecule has 4 fully saturated rings. The largest absolute Gasteiger partial charge is 0.299 e. The molecule has 0 amide bonds. The fourth-order valence-electron chi connectivity index (χ4n) is 5.80. The summed E-state index contributed by atoms with van der Waals surface area (Å²) in [5.74, 6) is 2.39. The van der Waals surface area contributed by atoms with Crippen LogP contribution in [0, 0.1) is 33.5 Å². The number of Topliss-reactive ketones (excluding diaryl/α,β-unsaturated/α-hetero) is 2. The Morgan fingerprint density at radius 2 is 1.00 bits per heavy atom. The third-order valence-corrected chi connectivity index (χ3v) is 8.97. The van der Waals surface area contributed by atoms with Gasteiger partial charge in [0, 0.05) is 23.7 Å². The van der Waals surface area contributed by atoms with Crippen molar-refractivity contribution in [3.63, 3.8) is 0 Å². The van der Waals surface area contributed by atoms with Gasteiger partial charge in [0.15, 0.2) is 0 Å². The second-order valence-electron chi connectivity index (χ2n) is 9.83. The molecule has 4 rings (SSSR count). The summed E-state index contributed by atoms with van der Waals surface area (Å²) in [5.41, 5.74) is 0.615. The average Bonchev–Trinajstić information content (AvgIpc) is 2.91. The smallest absolute Gasteiger partial charge is 0.139 e. The van der Waals surface area contributed by atoms with Gasteiger partial charge in [0.25, 0.3) is 0 Å². The maximum absolute atomic E-state index is 11.6. The normalized spacial score (nSPS) is 46.8. The molecule has 0 aliphatic heterocycles. The summed E-state index contributed by atoms with van der Waals surface area (Å²) in [6.45, 7) is 13.3. The summed E-state index contributed by atoms with van der Waals surface area (Å²) in [5, 5.41) is 0. The number of fused-ring (bicyclic) bond motifs is 4. The van der Waals surface area contributed by atoms with Crippen molar-refractivity contribution in [2.75, 3.05) is 0 Å². The zero-order chi connectivity index (χ0) is 16.6. The molecule has 4 saturated carbocycles. The zero-order valence-electron chi connectivity index (χ0n) is 15.2. The number of carbonyl (C=O) groups excluding carboxylic acids is 2. The SMILES string of the molecule is CC1(C)C2CC[C@]1(C)C(=O)C2.CC12CCC(CC1=O)C2(C)C. The first-order valence-electron chi connectivity index (χ1n) is 9.03. The van der Waals surface area contributed by atoms with E-state index in [-0.39, 0.29) is 21.7 Å². The molecule has 0 radical (unpaired) electrons. The fourth-order valence-corrected chi connectivity index (χ4v) is 5.80. The molecule has 4 aliphatic rings. The maximum Gasteiger partial charge on any atom is 0.139 e. The van der Waals surface area contributed by atoms with E-state index in [2.05, 4.69) is 41.5 Å². The summed E-state index contributed by atoms with van der Waals surface area (Å²) in [6, 6.07) is 0. The molecule has 0 aromatic carbocycles. The average molecular weight is 304 g/mol. The second kappa shape index (κ2) is 4.45. The number of rotatable bonds is 0. The molecular formula is C20H32O2. The van der Waals surface area contributed by atoms with E-state index in [0.717, 1.165) is 25.7 Å². The molecule has 2 nitrogen and oxygen atoms in total. The van der Waals surface area contributed by atoms with Crippen LogP contribution < -0.4 is 0 Å². The highest BCUT2D eigenvalue weighted by atomic mass is 16.1. The Bertz CT molecular complexity index is 482. The first kappa shape index (κ1) is 16.2. The van der Waals surface area contributed by atoms with E-state index < -0.39 is 0 Å². The molecule has 4 bridgehead atoms. The van der Waals surface area contributed by atoms with Gasteiger partial charge >= 0.3 is 0 Å². The summed E-state index contributed by atoms with van der Waals surface area (Å²) < 4.78 is 0. The zero-order valence-corrected chi connectivity index (χ0v) is 15.2. The highest BCUT2D eigenvalue weighted by molar-refractivity contribution is 5.89. The fraction of sp³-hybridized carbons (Fsp3) is 0.900. The van der Waals surface area contributed by atoms with Crippen LogP contribution in [0.5, 0.6) is 0 Å². The minimum atomic E-state index is 0.0255.